The molecule has 0 unspecified atom stereocenters. The Bertz CT molecular complexity index is 855. The molecule has 25 heavy (non-hydrogen) atoms. The van der Waals surface area contributed by atoms with Crippen molar-refractivity contribution < 1.29 is 13.6 Å². The molecule has 1 aromatic heterocycles. The second-order valence-electron chi connectivity index (χ2n) is 6.46. The summed E-state index contributed by atoms with van der Waals surface area (Å²) >= 11 is 0. The molecule has 134 valence electrons. The van der Waals surface area contributed by atoms with Crippen molar-refractivity contribution in [3.05, 3.63) is 57.5 Å². The fourth-order valence-electron chi connectivity index (χ4n) is 2.82. The summed E-state index contributed by atoms with van der Waals surface area (Å²) in [6.45, 7) is 5.62. The fraction of sp³-hybridized carbons (Fsp3) is 0.368. The van der Waals surface area contributed by atoms with Crippen LogP contribution in [0.4, 0.5) is 8.78 Å². The van der Waals surface area contributed by atoms with E-state index in [0.717, 1.165) is 0 Å². The summed E-state index contributed by atoms with van der Waals surface area (Å²) in [4.78, 5) is 26.7. The van der Waals surface area contributed by atoms with Crippen LogP contribution in [0.2, 0.25) is 0 Å². The first kappa shape index (κ1) is 18.8. The molecule has 6 heteroatoms. The molecule has 1 heterocycles. The topological polar surface area (TPSA) is 42.3 Å². The van der Waals surface area contributed by atoms with Crippen molar-refractivity contribution in [3.8, 4) is 11.1 Å². The molecule has 0 atom stereocenters. The van der Waals surface area contributed by atoms with E-state index in [1.807, 2.05) is 18.4 Å². The summed E-state index contributed by atoms with van der Waals surface area (Å²) in [6, 6.07) is 5.74. The molecule has 1 aromatic carbocycles. The van der Waals surface area contributed by atoms with Gasteiger partial charge in [0.1, 0.15) is 5.56 Å². The molecular formula is C19H22F2N2O2. The second kappa shape index (κ2) is 7.17. The van der Waals surface area contributed by atoms with E-state index in [0.29, 0.717) is 11.3 Å². The van der Waals surface area contributed by atoms with Gasteiger partial charge in [0.15, 0.2) is 0 Å². The minimum absolute atomic E-state index is 0.00587. The number of hydrogen-bond acceptors (Lipinski definition) is 2. The molecule has 2 aromatic rings. The standard InChI is InChI=1S/C19H22F2N2O2/c1-11(2)23-10-15(19(25)22(4)5)17(24)16(12(23)3)13-7-6-8-14(9-13)18(20)21/h6-11,18H,1-5H3. The Hall–Kier alpha value is -2.50. The van der Waals surface area contributed by atoms with E-state index >= 15 is 0 Å². The van der Waals surface area contributed by atoms with Crippen LogP contribution < -0.4 is 5.43 Å². The molecular weight excluding hydrogens is 326 g/mol. The highest BCUT2D eigenvalue weighted by molar-refractivity contribution is 5.95. The van der Waals surface area contributed by atoms with Crippen LogP contribution in [0, 0.1) is 6.92 Å². The molecule has 0 saturated carbocycles. The quantitative estimate of drug-likeness (QED) is 0.837. The van der Waals surface area contributed by atoms with E-state index in [1.54, 1.807) is 33.3 Å². The summed E-state index contributed by atoms with van der Waals surface area (Å²) in [6.07, 6.45) is -1.08. The number of carbonyl (C=O) groups excluding carboxylic acids is 1. The number of benzene rings is 1. The first-order valence-corrected chi connectivity index (χ1v) is 8.01. The Balaban J connectivity index is 2.83. The summed E-state index contributed by atoms with van der Waals surface area (Å²) < 4.78 is 27.9. The third-order valence-electron chi connectivity index (χ3n) is 4.11. The van der Waals surface area contributed by atoms with Gasteiger partial charge in [-0.1, -0.05) is 18.2 Å². The van der Waals surface area contributed by atoms with Crippen LogP contribution in [0.1, 0.15) is 47.9 Å². The molecule has 0 aliphatic carbocycles. The minimum atomic E-state index is -2.63. The molecule has 0 spiro atoms. The zero-order valence-electron chi connectivity index (χ0n) is 15.0. The summed E-state index contributed by atoms with van der Waals surface area (Å²) in [5.41, 5.74) is 0.742. The van der Waals surface area contributed by atoms with Gasteiger partial charge in [0, 0.05) is 43.2 Å². The van der Waals surface area contributed by atoms with Gasteiger partial charge in [-0.2, -0.15) is 0 Å². The SMILES string of the molecule is Cc1c(-c2cccc(C(F)F)c2)c(=O)c(C(=O)N(C)C)cn1C(C)C. The van der Waals surface area contributed by atoms with Crippen LogP contribution in [-0.4, -0.2) is 29.5 Å². The predicted octanol–water partition coefficient (Wildman–Crippen LogP) is 4.04. The van der Waals surface area contributed by atoms with E-state index in [-0.39, 0.29) is 22.7 Å². The van der Waals surface area contributed by atoms with Crippen LogP contribution in [0.25, 0.3) is 11.1 Å². The number of halogens is 2. The Morgan fingerprint density at radius 3 is 2.36 bits per heavy atom. The maximum Gasteiger partial charge on any atom is 0.263 e. The lowest BCUT2D eigenvalue weighted by atomic mass is 9.98. The maximum absolute atomic E-state index is 13.0. The van der Waals surface area contributed by atoms with Gasteiger partial charge in [-0.15, -0.1) is 0 Å². The normalized spacial score (nSPS) is 11.2. The van der Waals surface area contributed by atoms with Crippen molar-refractivity contribution in [2.75, 3.05) is 14.1 Å². The minimum Gasteiger partial charge on any atom is -0.348 e. The Kier molecular flexibility index (Phi) is 5.40. The summed E-state index contributed by atoms with van der Waals surface area (Å²) in [5.74, 6) is -0.411. The number of hydrogen-bond donors (Lipinski definition) is 0. The maximum atomic E-state index is 13.0. The van der Waals surface area contributed by atoms with Crippen LogP contribution in [-0.2, 0) is 0 Å². The van der Waals surface area contributed by atoms with Crippen molar-refractivity contribution in [1.82, 2.24) is 9.47 Å². The molecule has 0 saturated heterocycles. The monoisotopic (exact) mass is 348 g/mol. The third kappa shape index (κ3) is 3.62. The molecule has 1 amide bonds. The fourth-order valence-corrected chi connectivity index (χ4v) is 2.82. The van der Waals surface area contributed by atoms with Gasteiger partial charge < -0.3 is 9.47 Å². The van der Waals surface area contributed by atoms with Gasteiger partial charge in [0.05, 0.1) is 0 Å². The van der Waals surface area contributed by atoms with Gasteiger partial charge >= 0.3 is 0 Å². The highest BCUT2D eigenvalue weighted by Crippen LogP contribution is 2.27. The molecule has 0 bridgehead atoms. The number of amides is 1. The van der Waals surface area contributed by atoms with Gasteiger partial charge in [-0.05, 0) is 32.4 Å². The molecule has 4 nitrogen and oxygen atoms in total. The Morgan fingerprint density at radius 1 is 1.20 bits per heavy atom. The van der Waals surface area contributed by atoms with E-state index in [2.05, 4.69) is 0 Å². The predicted molar refractivity (Wildman–Crippen MR) is 94.2 cm³/mol. The lowest BCUT2D eigenvalue weighted by Gasteiger charge is -2.21. The Labute approximate surface area is 145 Å². The average Bonchev–Trinajstić information content (AvgIpc) is 2.54. The number of aromatic nitrogens is 1. The number of rotatable bonds is 4. The zero-order valence-corrected chi connectivity index (χ0v) is 15.0. The molecule has 0 fully saturated rings. The van der Waals surface area contributed by atoms with Gasteiger partial charge in [0.2, 0.25) is 5.43 Å². The van der Waals surface area contributed by atoms with Crippen molar-refractivity contribution in [3.63, 3.8) is 0 Å². The van der Waals surface area contributed by atoms with E-state index < -0.39 is 17.8 Å². The molecule has 2 rings (SSSR count). The molecule has 0 aliphatic heterocycles. The number of nitrogens with zero attached hydrogens (tertiary/aromatic N) is 2. The van der Waals surface area contributed by atoms with Crippen molar-refractivity contribution in [1.29, 1.82) is 0 Å². The van der Waals surface area contributed by atoms with Crippen molar-refractivity contribution in [2.45, 2.75) is 33.2 Å². The first-order valence-electron chi connectivity index (χ1n) is 8.01. The summed E-state index contributed by atoms with van der Waals surface area (Å²) in [5, 5.41) is 0. The highest BCUT2D eigenvalue weighted by atomic mass is 19.3. The average molecular weight is 348 g/mol. The van der Waals surface area contributed by atoms with Gasteiger partial charge in [-0.3, -0.25) is 9.59 Å². The van der Waals surface area contributed by atoms with Crippen LogP contribution in [0.5, 0.6) is 0 Å². The van der Waals surface area contributed by atoms with Crippen molar-refractivity contribution in [2.24, 2.45) is 0 Å². The Morgan fingerprint density at radius 2 is 1.84 bits per heavy atom. The third-order valence-corrected chi connectivity index (χ3v) is 4.11. The van der Waals surface area contributed by atoms with Crippen LogP contribution >= 0.6 is 0 Å². The molecule has 0 N–H and O–H groups in total. The molecule has 0 aliphatic rings. The van der Waals surface area contributed by atoms with Gasteiger partial charge in [-0.25, -0.2) is 8.78 Å². The lowest BCUT2D eigenvalue weighted by Crippen LogP contribution is -2.30. The zero-order chi connectivity index (χ0) is 18.9. The lowest BCUT2D eigenvalue weighted by molar-refractivity contribution is 0.0825. The highest BCUT2D eigenvalue weighted by Gasteiger charge is 2.21. The van der Waals surface area contributed by atoms with E-state index in [9.17, 15) is 18.4 Å². The smallest absolute Gasteiger partial charge is 0.263 e. The van der Waals surface area contributed by atoms with Crippen LogP contribution in [0.3, 0.4) is 0 Å². The molecule has 0 radical (unpaired) electrons. The number of pyridine rings is 1. The number of alkyl halides is 2. The van der Waals surface area contributed by atoms with Crippen molar-refractivity contribution >= 4 is 5.91 Å². The second-order valence-corrected chi connectivity index (χ2v) is 6.46. The number of carbonyl (C=O) groups is 1. The largest absolute Gasteiger partial charge is 0.348 e. The summed E-state index contributed by atoms with van der Waals surface area (Å²) in [7, 11) is 3.14. The van der Waals surface area contributed by atoms with E-state index in [1.165, 1.54) is 23.1 Å². The first-order chi connectivity index (χ1) is 11.6. The van der Waals surface area contributed by atoms with Gasteiger partial charge in [0.25, 0.3) is 12.3 Å². The van der Waals surface area contributed by atoms with Crippen LogP contribution in [0.15, 0.2) is 35.3 Å². The van der Waals surface area contributed by atoms with E-state index in [4.69, 9.17) is 0 Å².